The molecule has 0 aliphatic carbocycles. The molecule has 0 amide bonds. The predicted octanol–water partition coefficient (Wildman–Crippen LogP) is 5.52. The smallest absolute Gasteiger partial charge is 0.335 e. The molecule has 0 radical (unpaired) electrons. The molecule has 0 aromatic heterocycles. The third kappa shape index (κ3) is 5.93. The van der Waals surface area contributed by atoms with Crippen LogP contribution in [0.1, 0.15) is 10.4 Å². The van der Waals surface area contributed by atoms with E-state index in [1.807, 2.05) is 30.3 Å². The molecular formula is C25H18F2O3S. The van der Waals surface area contributed by atoms with Gasteiger partial charge in [-0.2, -0.15) is 0 Å². The van der Waals surface area contributed by atoms with Crippen molar-refractivity contribution in [1.29, 1.82) is 0 Å². The monoisotopic (exact) mass is 436 g/mol. The standard InChI is InChI=1S/C18H13F2S.C7H6O3/c19-14-6-10-17(11-7-14)21(16-4-2-1-3-5-16)18-12-8-15(20)9-13-18;8-6-4-2-1-3-5(6)7(9)10/h1-13H;1-4,8H,(H,9,10)/q+1;/p-1. The Morgan fingerprint density at radius 3 is 1.48 bits per heavy atom. The van der Waals surface area contributed by atoms with Crippen molar-refractivity contribution >= 4 is 16.9 Å². The second kappa shape index (κ2) is 10.4. The number of carboxylic acid groups (broad SMARTS) is 1. The van der Waals surface area contributed by atoms with E-state index < -0.39 is 11.7 Å². The highest BCUT2D eigenvalue weighted by molar-refractivity contribution is 7.97. The van der Waals surface area contributed by atoms with Crippen LogP contribution in [0.5, 0.6) is 5.75 Å². The molecule has 4 aromatic carbocycles. The third-order valence-corrected chi connectivity index (χ3v) is 6.43. The molecule has 0 spiro atoms. The van der Waals surface area contributed by atoms with E-state index in [1.165, 1.54) is 48.5 Å². The van der Waals surface area contributed by atoms with Crippen molar-refractivity contribution < 1.29 is 23.8 Å². The summed E-state index contributed by atoms with van der Waals surface area (Å²) in [5.41, 5.74) is -0.178. The van der Waals surface area contributed by atoms with Gasteiger partial charge in [0.05, 0.1) is 16.5 Å². The highest BCUT2D eigenvalue weighted by Crippen LogP contribution is 2.31. The van der Waals surface area contributed by atoms with Crippen LogP contribution in [-0.2, 0) is 10.9 Å². The SMILES string of the molecule is Fc1ccc([S+](c2ccccc2)c2ccc(F)cc2)cc1.O=C(O)c1ccccc1[O-]. The van der Waals surface area contributed by atoms with Crippen LogP contribution in [0, 0.1) is 11.6 Å². The van der Waals surface area contributed by atoms with Crippen LogP contribution in [-0.4, -0.2) is 11.1 Å². The van der Waals surface area contributed by atoms with E-state index in [2.05, 4.69) is 0 Å². The maximum absolute atomic E-state index is 13.2. The van der Waals surface area contributed by atoms with Crippen molar-refractivity contribution in [3.63, 3.8) is 0 Å². The minimum absolute atomic E-state index is 0.178. The molecule has 0 bridgehead atoms. The minimum atomic E-state index is -1.18. The lowest BCUT2D eigenvalue weighted by Crippen LogP contribution is -2.04. The van der Waals surface area contributed by atoms with Gasteiger partial charge in [-0.15, -0.1) is 0 Å². The first-order valence-electron chi connectivity index (χ1n) is 9.25. The van der Waals surface area contributed by atoms with E-state index in [4.69, 9.17) is 5.11 Å². The first-order valence-corrected chi connectivity index (χ1v) is 10.5. The van der Waals surface area contributed by atoms with E-state index in [-0.39, 0.29) is 28.1 Å². The highest BCUT2D eigenvalue weighted by Gasteiger charge is 2.28. The first kappa shape index (κ1) is 22.1. The summed E-state index contributed by atoms with van der Waals surface area (Å²) in [4.78, 5) is 13.4. The molecule has 1 N–H and O–H groups in total. The van der Waals surface area contributed by atoms with E-state index in [0.717, 1.165) is 14.7 Å². The zero-order valence-corrected chi connectivity index (χ0v) is 17.1. The lowest BCUT2D eigenvalue weighted by Gasteiger charge is -2.07. The van der Waals surface area contributed by atoms with Crippen molar-refractivity contribution in [1.82, 2.24) is 0 Å². The summed E-state index contributed by atoms with van der Waals surface area (Å²) in [7, 11) is -0.365. The van der Waals surface area contributed by atoms with Gasteiger partial charge in [0, 0.05) is 0 Å². The van der Waals surface area contributed by atoms with Crippen LogP contribution in [0.2, 0.25) is 0 Å². The Bertz CT molecular complexity index is 1090. The van der Waals surface area contributed by atoms with Crippen LogP contribution in [0.4, 0.5) is 8.78 Å². The molecule has 0 aliphatic rings. The van der Waals surface area contributed by atoms with Crippen LogP contribution >= 0.6 is 0 Å². The lowest BCUT2D eigenvalue weighted by atomic mass is 10.2. The van der Waals surface area contributed by atoms with Crippen LogP contribution in [0.25, 0.3) is 0 Å². The number of rotatable bonds is 4. The Labute approximate surface area is 181 Å². The van der Waals surface area contributed by atoms with Gasteiger partial charge in [0.1, 0.15) is 11.6 Å². The van der Waals surface area contributed by atoms with Gasteiger partial charge >= 0.3 is 5.97 Å². The van der Waals surface area contributed by atoms with Crippen LogP contribution in [0.15, 0.2) is 118 Å². The number of hydrogen-bond acceptors (Lipinski definition) is 2. The predicted molar refractivity (Wildman–Crippen MR) is 114 cm³/mol. The van der Waals surface area contributed by atoms with Crippen molar-refractivity contribution in [3.05, 3.63) is 120 Å². The average molecular weight is 436 g/mol. The summed E-state index contributed by atoms with van der Waals surface area (Å²) in [6, 6.07) is 28.5. The fourth-order valence-corrected chi connectivity index (χ4v) is 4.81. The second-order valence-corrected chi connectivity index (χ2v) is 8.35. The number of carbonyl (C=O) groups is 1. The molecule has 0 atom stereocenters. The highest BCUT2D eigenvalue weighted by atomic mass is 32.2. The Kier molecular flexibility index (Phi) is 7.40. The number of benzene rings is 4. The summed E-state index contributed by atoms with van der Waals surface area (Å²) in [6.07, 6.45) is 0. The summed E-state index contributed by atoms with van der Waals surface area (Å²) >= 11 is 0. The van der Waals surface area contributed by atoms with E-state index in [0.29, 0.717) is 0 Å². The Hall–Kier alpha value is -3.64. The van der Waals surface area contributed by atoms with Crippen molar-refractivity contribution in [3.8, 4) is 5.75 Å². The molecular weight excluding hydrogens is 418 g/mol. The number of para-hydroxylation sites is 1. The molecule has 0 fully saturated rings. The average Bonchev–Trinajstić information content (AvgIpc) is 2.78. The van der Waals surface area contributed by atoms with Crippen molar-refractivity contribution in [2.45, 2.75) is 14.7 Å². The summed E-state index contributed by atoms with van der Waals surface area (Å²) in [5, 5.41) is 19.0. The van der Waals surface area contributed by atoms with Gasteiger partial charge in [0.2, 0.25) is 0 Å². The van der Waals surface area contributed by atoms with Crippen LogP contribution in [0.3, 0.4) is 0 Å². The van der Waals surface area contributed by atoms with Gasteiger partial charge in [-0.3, -0.25) is 0 Å². The number of halogens is 2. The molecule has 156 valence electrons. The molecule has 0 aliphatic heterocycles. The molecule has 6 heteroatoms. The molecule has 0 saturated carbocycles. The van der Waals surface area contributed by atoms with Gasteiger partial charge < -0.3 is 10.2 Å². The summed E-state index contributed by atoms with van der Waals surface area (Å²) < 4.78 is 26.3. The topological polar surface area (TPSA) is 60.4 Å². The summed E-state index contributed by atoms with van der Waals surface area (Å²) in [6.45, 7) is 0. The van der Waals surface area contributed by atoms with Gasteiger partial charge in [-0.05, 0) is 66.7 Å². The minimum Gasteiger partial charge on any atom is -0.872 e. The first-order chi connectivity index (χ1) is 15.0. The van der Waals surface area contributed by atoms with E-state index >= 15 is 0 Å². The Morgan fingerprint density at radius 2 is 1.06 bits per heavy atom. The molecule has 0 heterocycles. The third-order valence-electron chi connectivity index (χ3n) is 4.20. The second-order valence-electron chi connectivity index (χ2n) is 6.33. The van der Waals surface area contributed by atoms with Gasteiger partial charge in [-0.1, -0.05) is 42.1 Å². The van der Waals surface area contributed by atoms with E-state index in [1.54, 1.807) is 24.3 Å². The van der Waals surface area contributed by atoms with Crippen molar-refractivity contribution in [2.75, 3.05) is 0 Å². The number of aromatic carboxylic acids is 1. The fourth-order valence-electron chi connectivity index (χ4n) is 2.75. The number of carboxylic acids is 1. The molecule has 31 heavy (non-hydrogen) atoms. The maximum Gasteiger partial charge on any atom is 0.335 e. The molecule has 4 aromatic rings. The maximum atomic E-state index is 13.2. The Morgan fingerprint density at radius 1 is 0.645 bits per heavy atom. The summed E-state index contributed by atoms with van der Waals surface area (Å²) in [5.74, 6) is -2.13. The fraction of sp³-hybridized carbons (Fsp3) is 0. The van der Waals surface area contributed by atoms with Gasteiger partial charge in [-0.25, -0.2) is 13.6 Å². The van der Waals surface area contributed by atoms with E-state index in [9.17, 15) is 18.7 Å². The molecule has 0 saturated heterocycles. The quantitative estimate of drug-likeness (QED) is 0.429. The van der Waals surface area contributed by atoms with Crippen LogP contribution < -0.4 is 5.11 Å². The van der Waals surface area contributed by atoms with Gasteiger partial charge in [0.15, 0.2) is 14.7 Å². The number of hydrogen-bond donors (Lipinski definition) is 1. The largest absolute Gasteiger partial charge is 0.872 e. The van der Waals surface area contributed by atoms with Gasteiger partial charge in [0.25, 0.3) is 0 Å². The lowest BCUT2D eigenvalue weighted by molar-refractivity contribution is -0.268. The zero-order valence-electron chi connectivity index (χ0n) is 16.2. The Balaban J connectivity index is 0.000000229. The molecule has 4 rings (SSSR count). The zero-order chi connectivity index (χ0) is 22.2. The van der Waals surface area contributed by atoms with Crippen molar-refractivity contribution in [2.24, 2.45) is 0 Å². The molecule has 3 nitrogen and oxygen atoms in total. The molecule has 0 unspecified atom stereocenters. The normalized spacial score (nSPS) is 10.3.